The molecular weight excluding hydrogens is 318 g/mol. The Kier molecular flexibility index (Phi) is 3.23. The molecule has 0 aliphatic carbocycles. The van der Waals surface area contributed by atoms with Gasteiger partial charge < -0.3 is 11.5 Å². The number of aromatic nitrogens is 3. The Labute approximate surface area is 124 Å². The summed E-state index contributed by atoms with van der Waals surface area (Å²) in [5.74, 6) is 0.872. The summed E-state index contributed by atoms with van der Waals surface area (Å²) < 4.78 is 1.08. The minimum absolute atomic E-state index is 0.149. The summed E-state index contributed by atoms with van der Waals surface area (Å²) in [7, 11) is 0. The van der Waals surface area contributed by atoms with Gasteiger partial charge in [-0.2, -0.15) is 15.0 Å². The summed E-state index contributed by atoms with van der Waals surface area (Å²) in [6.07, 6.45) is 0.569. The van der Waals surface area contributed by atoms with Crippen molar-refractivity contribution >= 4 is 38.6 Å². The molecule has 0 saturated carbocycles. The highest BCUT2D eigenvalue weighted by Gasteiger charge is 2.05. The van der Waals surface area contributed by atoms with E-state index in [1.165, 1.54) is 5.39 Å². The topological polar surface area (TPSA) is 90.7 Å². The number of fused-ring (bicyclic) bond motifs is 1. The summed E-state index contributed by atoms with van der Waals surface area (Å²) in [5.41, 5.74) is 12.2. The predicted molar refractivity (Wildman–Crippen MR) is 83.1 cm³/mol. The minimum atomic E-state index is 0.149. The van der Waals surface area contributed by atoms with Gasteiger partial charge in [0, 0.05) is 10.9 Å². The number of nitrogen functional groups attached to an aromatic ring is 2. The molecule has 4 N–H and O–H groups in total. The molecule has 3 rings (SSSR count). The molecule has 100 valence electrons. The quantitative estimate of drug-likeness (QED) is 0.753. The van der Waals surface area contributed by atoms with Gasteiger partial charge in [-0.3, -0.25) is 0 Å². The van der Waals surface area contributed by atoms with Gasteiger partial charge in [0.25, 0.3) is 0 Å². The second-order valence-corrected chi connectivity index (χ2v) is 5.29. The van der Waals surface area contributed by atoms with E-state index in [0.29, 0.717) is 12.2 Å². The number of hydrogen-bond donors (Lipinski definition) is 2. The van der Waals surface area contributed by atoms with E-state index in [4.69, 9.17) is 11.5 Å². The maximum Gasteiger partial charge on any atom is 0.225 e. The molecule has 20 heavy (non-hydrogen) atoms. The van der Waals surface area contributed by atoms with Crippen molar-refractivity contribution in [1.82, 2.24) is 15.0 Å². The number of halogens is 1. The number of anilines is 2. The van der Waals surface area contributed by atoms with Gasteiger partial charge in [0.2, 0.25) is 11.9 Å². The minimum Gasteiger partial charge on any atom is -0.368 e. The highest BCUT2D eigenvalue weighted by molar-refractivity contribution is 9.10. The zero-order valence-electron chi connectivity index (χ0n) is 10.5. The fourth-order valence-corrected chi connectivity index (χ4v) is 2.64. The maximum atomic E-state index is 5.58. The van der Waals surface area contributed by atoms with Gasteiger partial charge in [0.15, 0.2) is 0 Å². The lowest BCUT2D eigenvalue weighted by Crippen LogP contribution is -2.07. The summed E-state index contributed by atoms with van der Waals surface area (Å²) in [6, 6.07) is 12.3. The lowest BCUT2D eigenvalue weighted by molar-refractivity contribution is 0.940. The molecule has 0 amide bonds. The molecule has 0 saturated heterocycles. The molecule has 0 aliphatic rings. The van der Waals surface area contributed by atoms with Crippen molar-refractivity contribution in [3.63, 3.8) is 0 Å². The van der Waals surface area contributed by atoms with E-state index in [9.17, 15) is 0 Å². The van der Waals surface area contributed by atoms with Gasteiger partial charge in [0.05, 0.1) is 0 Å². The molecule has 0 fully saturated rings. The Morgan fingerprint density at radius 1 is 0.950 bits per heavy atom. The molecule has 1 aromatic heterocycles. The first-order valence-electron chi connectivity index (χ1n) is 6.05. The van der Waals surface area contributed by atoms with Crippen molar-refractivity contribution in [2.75, 3.05) is 11.5 Å². The van der Waals surface area contributed by atoms with Crippen LogP contribution in [0.1, 0.15) is 11.4 Å². The van der Waals surface area contributed by atoms with Crippen LogP contribution in [0.2, 0.25) is 0 Å². The smallest absolute Gasteiger partial charge is 0.225 e. The summed E-state index contributed by atoms with van der Waals surface area (Å²) in [4.78, 5) is 12.0. The molecule has 3 aromatic rings. The molecule has 1 heterocycles. The third-order valence-corrected chi connectivity index (χ3v) is 3.66. The number of nitrogens with zero attached hydrogens (tertiary/aromatic N) is 3. The van der Waals surface area contributed by atoms with E-state index >= 15 is 0 Å². The second-order valence-electron chi connectivity index (χ2n) is 4.44. The lowest BCUT2D eigenvalue weighted by atomic mass is 10.0. The van der Waals surface area contributed by atoms with E-state index in [1.807, 2.05) is 18.2 Å². The van der Waals surface area contributed by atoms with Crippen molar-refractivity contribution in [1.29, 1.82) is 0 Å². The molecule has 0 unspecified atom stereocenters. The maximum absolute atomic E-state index is 5.58. The molecule has 5 nitrogen and oxygen atoms in total. The molecule has 0 bridgehead atoms. The Morgan fingerprint density at radius 3 is 2.45 bits per heavy atom. The van der Waals surface area contributed by atoms with E-state index in [1.54, 1.807) is 0 Å². The van der Waals surface area contributed by atoms with Crippen LogP contribution >= 0.6 is 15.9 Å². The zero-order valence-corrected chi connectivity index (χ0v) is 12.1. The molecule has 0 radical (unpaired) electrons. The molecular formula is C14H12BrN5. The van der Waals surface area contributed by atoms with E-state index in [2.05, 4.69) is 49.1 Å². The fourth-order valence-electron chi connectivity index (χ4n) is 2.12. The molecule has 2 aromatic carbocycles. The van der Waals surface area contributed by atoms with Crippen LogP contribution in [0.3, 0.4) is 0 Å². The van der Waals surface area contributed by atoms with Crippen molar-refractivity contribution in [3.05, 3.63) is 52.3 Å². The monoisotopic (exact) mass is 329 g/mol. The highest BCUT2D eigenvalue weighted by atomic mass is 79.9. The zero-order chi connectivity index (χ0) is 14.1. The summed E-state index contributed by atoms with van der Waals surface area (Å²) >= 11 is 3.54. The van der Waals surface area contributed by atoms with Gasteiger partial charge in [0.1, 0.15) is 5.82 Å². The van der Waals surface area contributed by atoms with Crippen LogP contribution in [0.4, 0.5) is 11.9 Å². The first kappa shape index (κ1) is 12.8. The van der Waals surface area contributed by atoms with Crippen LogP contribution in [0, 0.1) is 0 Å². The number of rotatable bonds is 2. The Balaban J connectivity index is 1.98. The summed E-state index contributed by atoms with van der Waals surface area (Å²) in [5, 5.41) is 2.33. The van der Waals surface area contributed by atoms with Crippen LogP contribution in [0.25, 0.3) is 10.8 Å². The van der Waals surface area contributed by atoms with Crippen molar-refractivity contribution in [2.24, 2.45) is 0 Å². The Hall–Kier alpha value is -2.21. The van der Waals surface area contributed by atoms with Crippen molar-refractivity contribution in [2.45, 2.75) is 6.42 Å². The van der Waals surface area contributed by atoms with Gasteiger partial charge >= 0.3 is 0 Å². The second kappa shape index (κ2) is 5.05. The first-order chi connectivity index (χ1) is 9.61. The fraction of sp³-hybridized carbons (Fsp3) is 0.0714. The Morgan fingerprint density at radius 2 is 1.70 bits per heavy atom. The average Bonchev–Trinajstić information content (AvgIpc) is 2.37. The normalized spacial score (nSPS) is 10.8. The van der Waals surface area contributed by atoms with Gasteiger partial charge in [-0.1, -0.05) is 46.3 Å². The number of hydrogen-bond acceptors (Lipinski definition) is 5. The SMILES string of the molecule is Nc1nc(N)nc(Cc2ccc3c(Br)cccc3c2)n1. The van der Waals surface area contributed by atoms with E-state index in [-0.39, 0.29) is 11.9 Å². The third-order valence-electron chi connectivity index (χ3n) is 2.97. The van der Waals surface area contributed by atoms with Gasteiger partial charge in [-0.15, -0.1) is 0 Å². The third kappa shape index (κ3) is 2.55. The van der Waals surface area contributed by atoms with Gasteiger partial charge in [-0.25, -0.2) is 0 Å². The van der Waals surface area contributed by atoms with Crippen LogP contribution in [-0.2, 0) is 6.42 Å². The van der Waals surface area contributed by atoms with Crippen LogP contribution in [-0.4, -0.2) is 15.0 Å². The van der Waals surface area contributed by atoms with Crippen molar-refractivity contribution in [3.8, 4) is 0 Å². The van der Waals surface area contributed by atoms with Gasteiger partial charge in [-0.05, 0) is 22.4 Å². The molecule has 6 heteroatoms. The summed E-state index contributed by atoms with van der Waals surface area (Å²) in [6.45, 7) is 0. The van der Waals surface area contributed by atoms with Crippen LogP contribution < -0.4 is 11.5 Å². The first-order valence-corrected chi connectivity index (χ1v) is 6.84. The van der Waals surface area contributed by atoms with Crippen LogP contribution in [0.5, 0.6) is 0 Å². The lowest BCUT2D eigenvalue weighted by Gasteiger charge is -2.05. The average molecular weight is 330 g/mol. The number of benzene rings is 2. The Bertz CT molecular complexity index is 767. The van der Waals surface area contributed by atoms with Crippen LogP contribution in [0.15, 0.2) is 40.9 Å². The standard InChI is InChI=1S/C14H12BrN5/c15-11-3-1-2-9-6-8(4-5-10(9)11)7-12-18-13(16)20-14(17)19-12/h1-6H,7H2,(H4,16,17,18,19,20). The molecule has 0 spiro atoms. The van der Waals surface area contributed by atoms with E-state index in [0.717, 1.165) is 15.4 Å². The van der Waals surface area contributed by atoms with E-state index < -0.39 is 0 Å². The van der Waals surface area contributed by atoms with Crippen molar-refractivity contribution < 1.29 is 0 Å². The largest absolute Gasteiger partial charge is 0.368 e. The predicted octanol–water partition coefficient (Wildman–Crippen LogP) is 2.54. The highest BCUT2D eigenvalue weighted by Crippen LogP contribution is 2.25. The molecule has 0 atom stereocenters. The number of nitrogens with two attached hydrogens (primary N) is 2. The molecule has 0 aliphatic heterocycles.